The van der Waals surface area contributed by atoms with Crippen LogP contribution in [0.25, 0.3) is 16.7 Å². The first-order valence-corrected chi connectivity index (χ1v) is 13.6. The molecule has 0 nitrogen and oxygen atoms in total. The normalized spacial score (nSPS) is 30.9. The van der Waals surface area contributed by atoms with Crippen LogP contribution in [0, 0.1) is 23.6 Å². The molecule has 0 bridgehead atoms. The molecule has 3 aliphatic carbocycles. The van der Waals surface area contributed by atoms with Crippen LogP contribution in [0.2, 0.25) is 0 Å². The lowest BCUT2D eigenvalue weighted by Crippen LogP contribution is -2.25. The minimum absolute atomic E-state index is 0.133. The van der Waals surface area contributed by atoms with E-state index < -0.39 is 12.3 Å². The van der Waals surface area contributed by atoms with Gasteiger partial charge in [0.1, 0.15) is 5.82 Å². The van der Waals surface area contributed by atoms with Crippen molar-refractivity contribution in [1.29, 1.82) is 0 Å². The average Bonchev–Trinajstić information content (AvgIpc) is 2.92. The standard InChI is InChI=1S/C33H37F3/c1-3-22-5-7-23(8-6-22)24-9-13-26(14-10-24)29-19-17-28(20-31(29)34)25-11-15-27(16-12-25)30-18-4-21(2)32(35)33(30)36/h3-4,11-12,15-20,22-24,26,32-33H,1,5-10,13-14H2,2H3. The van der Waals surface area contributed by atoms with Gasteiger partial charge >= 0.3 is 0 Å². The summed E-state index contributed by atoms with van der Waals surface area (Å²) in [5.74, 6) is 2.50. The number of alkyl halides is 2. The molecule has 3 aliphatic rings. The van der Waals surface area contributed by atoms with E-state index in [9.17, 15) is 8.78 Å². The highest BCUT2D eigenvalue weighted by Gasteiger charge is 2.32. The molecule has 2 unspecified atom stereocenters. The second kappa shape index (κ2) is 10.8. The molecule has 5 rings (SSSR count). The Labute approximate surface area is 214 Å². The lowest BCUT2D eigenvalue weighted by molar-refractivity contribution is 0.171. The van der Waals surface area contributed by atoms with Crippen molar-refractivity contribution in [2.75, 3.05) is 0 Å². The zero-order valence-corrected chi connectivity index (χ0v) is 21.2. The number of halogens is 3. The summed E-state index contributed by atoms with van der Waals surface area (Å²) in [7, 11) is 0. The van der Waals surface area contributed by atoms with Gasteiger partial charge in [-0.3, -0.25) is 0 Å². The fraction of sp³-hybridized carbons (Fsp3) is 0.455. The second-order valence-corrected chi connectivity index (χ2v) is 11.2. The summed E-state index contributed by atoms with van der Waals surface area (Å²) < 4.78 is 43.8. The van der Waals surface area contributed by atoms with Gasteiger partial charge in [-0.2, -0.15) is 0 Å². The van der Waals surface area contributed by atoms with Crippen molar-refractivity contribution in [3.05, 3.63) is 89.8 Å². The van der Waals surface area contributed by atoms with Gasteiger partial charge in [0.15, 0.2) is 12.3 Å². The van der Waals surface area contributed by atoms with E-state index in [1.165, 1.54) is 38.5 Å². The Morgan fingerprint density at radius 2 is 1.31 bits per heavy atom. The van der Waals surface area contributed by atoms with Gasteiger partial charge in [-0.25, -0.2) is 13.2 Å². The molecule has 0 radical (unpaired) electrons. The van der Waals surface area contributed by atoms with Gasteiger partial charge in [-0.15, -0.1) is 6.58 Å². The Kier molecular flexibility index (Phi) is 7.55. The van der Waals surface area contributed by atoms with Gasteiger partial charge in [-0.1, -0.05) is 54.6 Å². The summed E-state index contributed by atoms with van der Waals surface area (Å²) in [5, 5.41) is 0. The fourth-order valence-electron chi connectivity index (χ4n) is 6.70. The maximum absolute atomic E-state index is 15.2. The predicted molar refractivity (Wildman–Crippen MR) is 144 cm³/mol. The molecule has 0 aromatic heterocycles. The number of allylic oxidation sites excluding steroid dienone is 5. The van der Waals surface area contributed by atoms with Crippen molar-refractivity contribution in [2.24, 2.45) is 17.8 Å². The maximum Gasteiger partial charge on any atom is 0.161 e. The zero-order valence-electron chi connectivity index (χ0n) is 21.2. The summed E-state index contributed by atoms with van der Waals surface area (Å²) >= 11 is 0. The Hall–Kier alpha value is -2.55. The average molecular weight is 491 g/mol. The fourth-order valence-corrected chi connectivity index (χ4v) is 6.70. The van der Waals surface area contributed by atoms with Gasteiger partial charge in [-0.05, 0) is 121 Å². The number of benzene rings is 2. The molecule has 0 N–H and O–H groups in total. The maximum atomic E-state index is 15.2. The van der Waals surface area contributed by atoms with Gasteiger partial charge in [0.25, 0.3) is 0 Å². The van der Waals surface area contributed by atoms with Crippen molar-refractivity contribution in [1.82, 2.24) is 0 Å². The van der Waals surface area contributed by atoms with E-state index >= 15 is 4.39 Å². The van der Waals surface area contributed by atoms with E-state index in [0.717, 1.165) is 41.4 Å². The highest BCUT2D eigenvalue weighted by Crippen LogP contribution is 2.44. The van der Waals surface area contributed by atoms with Crippen LogP contribution in [-0.4, -0.2) is 12.3 Å². The van der Waals surface area contributed by atoms with Gasteiger partial charge in [0.05, 0.1) is 0 Å². The largest absolute Gasteiger partial charge is 0.239 e. The molecule has 0 spiro atoms. The summed E-state index contributed by atoms with van der Waals surface area (Å²) in [5.41, 5.74) is 3.94. The van der Waals surface area contributed by atoms with Crippen molar-refractivity contribution >= 4 is 5.57 Å². The molecule has 0 amide bonds. The molecule has 0 aliphatic heterocycles. The topological polar surface area (TPSA) is 0 Å². The summed E-state index contributed by atoms with van der Waals surface area (Å²) in [6.07, 6.45) is 11.9. The van der Waals surface area contributed by atoms with Crippen LogP contribution in [0.15, 0.2) is 72.8 Å². The third-order valence-corrected chi connectivity index (χ3v) is 9.10. The van der Waals surface area contributed by atoms with E-state index in [4.69, 9.17) is 0 Å². The first kappa shape index (κ1) is 25.1. The van der Waals surface area contributed by atoms with Crippen LogP contribution in [0.1, 0.15) is 75.3 Å². The molecule has 2 fully saturated rings. The molecule has 2 aromatic carbocycles. The lowest BCUT2D eigenvalue weighted by atomic mass is 9.68. The number of rotatable bonds is 5. The lowest BCUT2D eigenvalue weighted by Gasteiger charge is -2.37. The van der Waals surface area contributed by atoms with Crippen molar-refractivity contribution < 1.29 is 13.2 Å². The molecule has 2 saturated carbocycles. The van der Waals surface area contributed by atoms with Crippen molar-refractivity contribution in [2.45, 2.75) is 76.6 Å². The van der Waals surface area contributed by atoms with E-state index in [1.54, 1.807) is 37.3 Å². The number of hydrogen-bond donors (Lipinski definition) is 0. The van der Waals surface area contributed by atoms with E-state index in [2.05, 4.69) is 12.7 Å². The van der Waals surface area contributed by atoms with Crippen LogP contribution in [0.4, 0.5) is 13.2 Å². The molecule has 0 heterocycles. The predicted octanol–water partition coefficient (Wildman–Crippen LogP) is 9.78. The molecular weight excluding hydrogens is 453 g/mol. The Morgan fingerprint density at radius 1 is 0.722 bits per heavy atom. The number of hydrogen-bond acceptors (Lipinski definition) is 0. The molecule has 2 aromatic rings. The third-order valence-electron chi connectivity index (χ3n) is 9.10. The first-order chi connectivity index (χ1) is 17.4. The molecular formula is C33H37F3. The van der Waals surface area contributed by atoms with Crippen LogP contribution < -0.4 is 0 Å². The summed E-state index contributed by atoms with van der Waals surface area (Å²) in [6.45, 7) is 5.57. The Balaban J connectivity index is 1.23. The van der Waals surface area contributed by atoms with E-state index in [-0.39, 0.29) is 5.82 Å². The van der Waals surface area contributed by atoms with Crippen LogP contribution >= 0.6 is 0 Å². The summed E-state index contributed by atoms with van der Waals surface area (Å²) in [4.78, 5) is 0. The van der Waals surface area contributed by atoms with Crippen molar-refractivity contribution in [3.8, 4) is 11.1 Å². The van der Waals surface area contributed by atoms with Crippen LogP contribution in [-0.2, 0) is 0 Å². The highest BCUT2D eigenvalue weighted by molar-refractivity contribution is 5.75. The smallest absolute Gasteiger partial charge is 0.161 e. The summed E-state index contributed by atoms with van der Waals surface area (Å²) in [6, 6.07) is 12.9. The molecule has 2 atom stereocenters. The van der Waals surface area contributed by atoms with Gasteiger partial charge in [0, 0.05) is 0 Å². The first-order valence-electron chi connectivity index (χ1n) is 13.6. The second-order valence-electron chi connectivity index (χ2n) is 11.2. The Bertz CT molecular complexity index is 1130. The zero-order chi connectivity index (χ0) is 25.2. The van der Waals surface area contributed by atoms with E-state index in [0.29, 0.717) is 28.5 Å². The van der Waals surface area contributed by atoms with Crippen LogP contribution in [0.5, 0.6) is 0 Å². The van der Waals surface area contributed by atoms with Gasteiger partial charge < -0.3 is 0 Å². The molecule has 0 saturated heterocycles. The quantitative estimate of drug-likeness (QED) is 0.366. The van der Waals surface area contributed by atoms with E-state index in [1.807, 2.05) is 24.3 Å². The van der Waals surface area contributed by atoms with Crippen molar-refractivity contribution in [3.63, 3.8) is 0 Å². The highest BCUT2D eigenvalue weighted by atomic mass is 19.2. The third kappa shape index (κ3) is 5.12. The minimum Gasteiger partial charge on any atom is -0.239 e. The monoisotopic (exact) mass is 490 g/mol. The Morgan fingerprint density at radius 3 is 1.92 bits per heavy atom. The minimum atomic E-state index is -1.66. The van der Waals surface area contributed by atoms with Gasteiger partial charge in [0.2, 0.25) is 0 Å². The SMILES string of the molecule is C=CC1CCC(C2CCC(c3ccc(-c4ccc(C5=CC=C(C)C(F)C5F)cc4)cc3F)CC2)CC1. The van der Waals surface area contributed by atoms with Crippen LogP contribution in [0.3, 0.4) is 0 Å². The molecule has 36 heavy (non-hydrogen) atoms. The molecule has 190 valence electrons. The molecule has 3 heteroatoms.